The van der Waals surface area contributed by atoms with Gasteiger partial charge in [0.15, 0.2) is 0 Å². The lowest BCUT2D eigenvalue weighted by atomic mass is 10.0. The minimum absolute atomic E-state index is 0.289. The van der Waals surface area contributed by atoms with Crippen molar-refractivity contribution in [1.29, 1.82) is 0 Å². The minimum Gasteiger partial charge on any atom is -0.327 e. The van der Waals surface area contributed by atoms with Crippen LogP contribution >= 0.6 is 11.6 Å². The van der Waals surface area contributed by atoms with Crippen LogP contribution in [0.1, 0.15) is 63.9 Å². The summed E-state index contributed by atoms with van der Waals surface area (Å²) in [5.41, 5.74) is 7.46. The van der Waals surface area contributed by atoms with Crippen molar-refractivity contribution in [1.82, 2.24) is 0 Å². The zero-order valence-electron chi connectivity index (χ0n) is 12.2. The highest BCUT2D eigenvalue weighted by Gasteiger charge is 2.04. The smallest absolute Gasteiger partial charge is 0.0406 e. The third-order valence-electron chi connectivity index (χ3n) is 3.59. The molecule has 0 spiro atoms. The monoisotopic (exact) mass is 281 g/mol. The largest absolute Gasteiger partial charge is 0.327 e. The van der Waals surface area contributed by atoms with Crippen LogP contribution < -0.4 is 5.73 Å². The van der Waals surface area contributed by atoms with E-state index in [0.29, 0.717) is 0 Å². The predicted molar refractivity (Wildman–Crippen MR) is 85.7 cm³/mol. The van der Waals surface area contributed by atoms with E-state index in [1.54, 1.807) is 0 Å². The highest BCUT2D eigenvalue weighted by Crippen LogP contribution is 2.13. The molecule has 0 saturated carbocycles. The predicted octanol–water partition coefficient (Wildman–Crippen LogP) is 5.35. The molecule has 0 heterocycles. The van der Waals surface area contributed by atoms with Crippen molar-refractivity contribution in [3.8, 4) is 0 Å². The molecule has 0 bridgehead atoms. The maximum Gasteiger partial charge on any atom is 0.0406 e. The highest BCUT2D eigenvalue weighted by molar-refractivity contribution is 6.30. The Morgan fingerprint density at radius 1 is 0.947 bits per heavy atom. The molecule has 0 aliphatic heterocycles. The quantitative estimate of drug-likeness (QED) is 0.575. The van der Waals surface area contributed by atoms with Crippen LogP contribution in [0.15, 0.2) is 24.3 Å². The summed E-state index contributed by atoms with van der Waals surface area (Å²) in [6.07, 6.45) is 11.6. The summed E-state index contributed by atoms with van der Waals surface area (Å²) >= 11 is 5.87. The fourth-order valence-corrected chi connectivity index (χ4v) is 2.51. The number of hydrogen-bond donors (Lipinski definition) is 1. The summed E-state index contributed by atoms with van der Waals surface area (Å²) in [5, 5.41) is 0.796. The normalized spacial score (nSPS) is 12.6. The van der Waals surface area contributed by atoms with E-state index in [4.69, 9.17) is 17.3 Å². The van der Waals surface area contributed by atoms with E-state index in [9.17, 15) is 0 Å². The summed E-state index contributed by atoms with van der Waals surface area (Å²) < 4.78 is 0. The van der Waals surface area contributed by atoms with Gasteiger partial charge in [-0.3, -0.25) is 0 Å². The van der Waals surface area contributed by atoms with Gasteiger partial charge in [-0.25, -0.2) is 0 Å². The Morgan fingerprint density at radius 2 is 1.53 bits per heavy atom. The van der Waals surface area contributed by atoms with E-state index >= 15 is 0 Å². The first kappa shape index (κ1) is 16.5. The molecule has 0 aliphatic rings. The summed E-state index contributed by atoms with van der Waals surface area (Å²) in [4.78, 5) is 0. The van der Waals surface area contributed by atoms with Gasteiger partial charge >= 0.3 is 0 Å². The van der Waals surface area contributed by atoms with Gasteiger partial charge in [-0.2, -0.15) is 0 Å². The van der Waals surface area contributed by atoms with Gasteiger partial charge in [0.25, 0.3) is 0 Å². The third-order valence-corrected chi connectivity index (χ3v) is 3.84. The van der Waals surface area contributed by atoms with Gasteiger partial charge in [0, 0.05) is 11.1 Å². The summed E-state index contributed by atoms with van der Waals surface area (Å²) in [6.45, 7) is 2.26. The van der Waals surface area contributed by atoms with E-state index in [0.717, 1.165) is 17.9 Å². The van der Waals surface area contributed by atoms with E-state index < -0.39 is 0 Å². The average molecular weight is 282 g/mol. The third kappa shape index (κ3) is 8.28. The number of nitrogens with two attached hydrogens (primary N) is 1. The van der Waals surface area contributed by atoms with Crippen molar-refractivity contribution in [2.45, 2.75) is 70.8 Å². The molecular weight excluding hydrogens is 254 g/mol. The van der Waals surface area contributed by atoms with Crippen molar-refractivity contribution in [2.24, 2.45) is 5.73 Å². The molecule has 19 heavy (non-hydrogen) atoms. The Balaban J connectivity index is 2.04. The average Bonchev–Trinajstić information content (AvgIpc) is 2.40. The molecular formula is C17H28ClN. The second-order valence-corrected chi connectivity index (χ2v) is 5.94. The molecule has 1 aromatic rings. The summed E-state index contributed by atoms with van der Waals surface area (Å²) in [6, 6.07) is 8.32. The van der Waals surface area contributed by atoms with Crippen LogP contribution in [0.4, 0.5) is 0 Å². The SMILES string of the molecule is CCCCCCCCCC(N)Cc1ccc(Cl)cc1. The number of halogens is 1. The number of benzene rings is 1. The van der Waals surface area contributed by atoms with Crippen molar-refractivity contribution in [3.05, 3.63) is 34.9 Å². The first-order chi connectivity index (χ1) is 9.22. The minimum atomic E-state index is 0.289. The van der Waals surface area contributed by atoms with Crippen LogP contribution in [0.5, 0.6) is 0 Å². The Morgan fingerprint density at radius 3 is 2.16 bits per heavy atom. The Kier molecular flexibility index (Phi) is 8.94. The molecule has 0 aromatic heterocycles. The number of rotatable bonds is 10. The molecule has 0 saturated heterocycles. The van der Waals surface area contributed by atoms with Gasteiger partial charge in [-0.15, -0.1) is 0 Å². The van der Waals surface area contributed by atoms with Gasteiger partial charge < -0.3 is 5.73 Å². The first-order valence-corrected chi connectivity index (χ1v) is 8.10. The van der Waals surface area contributed by atoms with Crippen LogP contribution in [0.2, 0.25) is 5.02 Å². The van der Waals surface area contributed by atoms with E-state index in [1.165, 1.54) is 50.5 Å². The van der Waals surface area contributed by atoms with Crippen LogP contribution in [-0.2, 0) is 6.42 Å². The standard InChI is InChI=1S/C17H28ClN/c1-2-3-4-5-6-7-8-9-17(19)14-15-10-12-16(18)13-11-15/h10-13,17H,2-9,14,19H2,1H3. The van der Waals surface area contributed by atoms with Crippen molar-refractivity contribution in [3.63, 3.8) is 0 Å². The van der Waals surface area contributed by atoms with E-state index in [-0.39, 0.29) is 6.04 Å². The topological polar surface area (TPSA) is 26.0 Å². The fraction of sp³-hybridized carbons (Fsp3) is 0.647. The highest BCUT2D eigenvalue weighted by atomic mass is 35.5. The molecule has 2 heteroatoms. The molecule has 0 aliphatic carbocycles. The number of unbranched alkanes of at least 4 members (excludes halogenated alkanes) is 6. The lowest BCUT2D eigenvalue weighted by Gasteiger charge is -2.11. The van der Waals surface area contributed by atoms with Crippen molar-refractivity contribution in [2.75, 3.05) is 0 Å². The van der Waals surface area contributed by atoms with Crippen molar-refractivity contribution < 1.29 is 0 Å². The molecule has 1 aromatic carbocycles. The van der Waals surface area contributed by atoms with Crippen molar-refractivity contribution >= 4 is 11.6 Å². The molecule has 0 radical (unpaired) electrons. The second-order valence-electron chi connectivity index (χ2n) is 5.50. The van der Waals surface area contributed by atoms with Crippen LogP contribution in [0.3, 0.4) is 0 Å². The van der Waals surface area contributed by atoms with Gasteiger partial charge in [-0.1, -0.05) is 75.6 Å². The summed E-state index contributed by atoms with van der Waals surface area (Å²) in [5.74, 6) is 0. The van der Waals surface area contributed by atoms with Gasteiger partial charge in [0.1, 0.15) is 0 Å². The molecule has 1 nitrogen and oxygen atoms in total. The first-order valence-electron chi connectivity index (χ1n) is 7.72. The van der Waals surface area contributed by atoms with E-state index in [2.05, 4.69) is 19.1 Å². The zero-order valence-corrected chi connectivity index (χ0v) is 13.0. The molecule has 1 rings (SSSR count). The molecule has 0 amide bonds. The lowest BCUT2D eigenvalue weighted by molar-refractivity contribution is 0.528. The maximum absolute atomic E-state index is 6.17. The van der Waals surface area contributed by atoms with Crippen LogP contribution in [-0.4, -0.2) is 6.04 Å². The van der Waals surface area contributed by atoms with Crippen LogP contribution in [0.25, 0.3) is 0 Å². The lowest BCUT2D eigenvalue weighted by Crippen LogP contribution is -2.22. The van der Waals surface area contributed by atoms with Gasteiger partial charge in [-0.05, 0) is 30.5 Å². The Bertz CT molecular complexity index is 321. The molecule has 1 atom stereocenters. The van der Waals surface area contributed by atoms with Crippen LogP contribution in [0, 0.1) is 0 Å². The Labute approximate surface area is 123 Å². The molecule has 1 unspecified atom stereocenters. The van der Waals surface area contributed by atoms with Gasteiger partial charge in [0.2, 0.25) is 0 Å². The molecule has 2 N–H and O–H groups in total. The summed E-state index contributed by atoms with van der Waals surface area (Å²) in [7, 11) is 0. The molecule has 0 fully saturated rings. The maximum atomic E-state index is 6.17. The fourth-order valence-electron chi connectivity index (χ4n) is 2.39. The second kappa shape index (κ2) is 10.3. The van der Waals surface area contributed by atoms with Gasteiger partial charge in [0.05, 0.1) is 0 Å². The Hall–Kier alpha value is -0.530. The number of hydrogen-bond acceptors (Lipinski definition) is 1. The van der Waals surface area contributed by atoms with E-state index in [1.807, 2.05) is 12.1 Å². The molecule has 108 valence electrons. The zero-order chi connectivity index (χ0) is 13.9.